The van der Waals surface area contributed by atoms with Gasteiger partial charge in [0, 0.05) is 0 Å². The summed E-state index contributed by atoms with van der Waals surface area (Å²) in [5.41, 5.74) is 2.24. The predicted octanol–water partition coefficient (Wildman–Crippen LogP) is 3.29. The molecular formula is C21H18AsCl2N3O. The van der Waals surface area contributed by atoms with E-state index in [1.54, 1.807) is 6.20 Å². The van der Waals surface area contributed by atoms with Gasteiger partial charge in [-0.3, -0.25) is 0 Å². The van der Waals surface area contributed by atoms with Gasteiger partial charge in [-0.05, 0) is 0 Å². The number of amides is 1. The first-order valence-corrected chi connectivity index (χ1v) is 10.9. The van der Waals surface area contributed by atoms with E-state index in [-0.39, 0.29) is 18.3 Å². The molecule has 1 atom stereocenters. The summed E-state index contributed by atoms with van der Waals surface area (Å²) in [5, 5.41) is 4.71. The van der Waals surface area contributed by atoms with Crippen LogP contribution in [0, 0.1) is 0 Å². The Morgan fingerprint density at radius 3 is 2.64 bits per heavy atom. The number of carbonyl (C=O) groups is 1. The van der Waals surface area contributed by atoms with Crippen molar-refractivity contribution in [3.05, 3.63) is 83.6 Å². The molecule has 4 aromatic rings. The number of para-hydroxylation sites is 1. The second-order valence-electron chi connectivity index (χ2n) is 6.16. The summed E-state index contributed by atoms with van der Waals surface area (Å²) in [5.74, 6) is -0.158. The number of rotatable bonds is 4. The second kappa shape index (κ2) is 8.83. The van der Waals surface area contributed by atoms with E-state index in [1.807, 2.05) is 72.4 Å². The number of nitrogens with one attached hydrogen (secondary N) is 1. The third-order valence-corrected chi connectivity index (χ3v) is 7.10. The molecule has 0 saturated heterocycles. The molecule has 1 amide bonds. The number of pyridine rings is 1. The van der Waals surface area contributed by atoms with Crippen molar-refractivity contribution >= 4 is 71.1 Å². The van der Waals surface area contributed by atoms with E-state index >= 15 is 0 Å². The summed E-state index contributed by atoms with van der Waals surface area (Å²) in [4.78, 5) is 17.5. The summed E-state index contributed by atoms with van der Waals surface area (Å²) in [7, 11) is 1.95. The molecule has 0 radical (unpaired) electrons. The number of nitrogens with zero attached hydrogens (tertiary/aromatic N) is 2. The van der Waals surface area contributed by atoms with Crippen LogP contribution >= 0.6 is 24.0 Å². The topological polar surface area (TPSA) is 46.9 Å². The van der Waals surface area contributed by atoms with Crippen LogP contribution in [0.2, 0.25) is 5.02 Å². The number of anilines is 1. The molecule has 142 valence electrons. The van der Waals surface area contributed by atoms with Gasteiger partial charge in [-0.2, -0.15) is 0 Å². The van der Waals surface area contributed by atoms with Gasteiger partial charge in [0.1, 0.15) is 0 Å². The number of benzene rings is 2. The number of halogens is 2. The molecule has 0 spiro atoms. The van der Waals surface area contributed by atoms with Crippen molar-refractivity contribution in [2.24, 2.45) is 7.05 Å². The third kappa shape index (κ3) is 4.25. The molecule has 7 heteroatoms. The van der Waals surface area contributed by atoms with Crippen molar-refractivity contribution in [1.29, 1.82) is 0 Å². The van der Waals surface area contributed by atoms with Crippen LogP contribution in [-0.2, 0) is 7.05 Å². The fourth-order valence-electron chi connectivity index (χ4n) is 3.00. The van der Waals surface area contributed by atoms with Crippen molar-refractivity contribution in [2.45, 2.75) is 0 Å². The van der Waals surface area contributed by atoms with E-state index in [9.17, 15) is 4.79 Å². The number of hydrogen-bond acceptors (Lipinski definition) is 2. The van der Waals surface area contributed by atoms with Crippen LogP contribution in [0.4, 0.5) is 5.69 Å². The van der Waals surface area contributed by atoms with Gasteiger partial charge in [0.05, 0.1) is 0 Å². The fourth-order valence-corrected chi connectivity index (χ4v) is 5.79. The Morgan fingerprint density at radius 2 is 1.89 bits per heavy atom. The Bertz CT molecular complexity index is 1130. The number of aryl methyl sites for hydroxylation is 1. The van der Waals surface area contributed by atoms with Gasteiger partial charge in [-0.25, -0.2) is 0 Å². The zero-order chi connectivity index (χ0) is 18.8. The van der Waals surface area contributed by atoms with Crippen LogP contribution in [0.25, 0.3) is 10.9 Å². The third-order valence-electron chi connectivity index (χ3n) is 4.27. The van der Waals surface area contributed by atoms with Crippen LogP contribution in [0.3, 0.4) is 0 Å². The van der Waals surface area contributed by atoms with Gasteiger partial charge in [0.25, 0.3) is 0 Å². The molecule has 2 aromatic carbocycles. The fraction of sp³-hybridized carbons (Fsp3) is 0.0476. The molecule has 2 heterocycles. The second-order valence-corrected chi connectivity index (χ2v) is 9.33. The minimum atomic E-state index is -0.657. The van der Waals surface area contributed by atoms with Gasteiger partial charge in [0.2, 0.25) is 0 Å². The molecule has 1 N–H and O–H groups in total. The summed E-state index contributed by atoms with van der Waals surface area (Å²) in [6, 6.07) is 19.4. The minimum absolute atomic E-state index is 0. The van der Waals surface area contributed by atoms with Crippen LogP contribution in [0.1, 0.15) is 10.4 Å². The first-order valence-electron chi connectivity index (χ1n) is 8.45. The normalized spacial score (nSPS) is 10.9. The molecule has 2 aromatic heterocycles. The van der Waals surface area contributed by atoms with E-state index in [1.165, 1.54) is 4.35 Å². The quantitative estimate of drug-likeness (QED) is 0.462. The Morgan fingerprint density at radius 1 is 1.11 bits per heavy atom. The Labute approximate surface area is 181 Å². The van der Waals surface area contributed by atoms with E-state index in [0.29, 0.717) is 5.56 Å². The van der Waals surface area contributed by atoms with Gasteiger partial charge in [0.15, 0.2) is 0 Å². The average molecular weight is 474 g/mol. The number of hydrogen-bond donors (Lipinski definition) is 1. The number of carbonyl (C=O) groups excluding carboxylic acids is 1. The zero-order valence-electron chi connectivity index (χ0n) is 15.0. The monoisotopic (exact) mass is 473 g/mol. The van der Waals surface area contributed by atoms with Gasteiger partial charge in [-0.15, -0.1) is 12.4 Å². The Kier molecular flexibility index (Phi) is 6.45. The van der Waals surface area contributed by atoms with Crippen molar-refractivity contribution in [3.8, 4) is 0 Å². The predicted molar refractivity (Wildman–Crippen MR) is 120 cm³/mol. The molecule has 4 rings (SSSR count). The molecule has 1 unspecified atom stereocenters. The van der Waals surface area contributed by atoms with E-state index in [0.717, 1.165) is 26.1 Å². The van der Waals surface area contributed by atoms with Gasteiger partial charge >= 0.3 is 169 Å². The molecule has 0 fully saturated rings. The molecule has 4 nitrogen and oxygen atoms in total. The van der Waals surface area contributed by atoms with Crippen molar-refractivity contribution in [3.63, 3.8) is 0 Å². The first-order chi connectivity index (χ1) is 13.1. The van der Waals surface area contributed by atoms with Crippen LogP contribution in [-0.4, -0.2) is 31.2 Å². The van der Waals surface area contributed by atoms with Crippen LogP contribution in [0.15, 0.2) is 73.1 Å². The van der Waals surface area contributed by atoms with Gasteiger partial charge in [-0.1, -0.05) is 0 Å². The molecule has 0 saturated carbocycles. The van der Waals surface area contributed by atoms with E-state index in [2.05, 4.69) is 16.4 Å². The van der Waals surface area contributed by atoms with E-state index < -0.39 is 15.8 Å². The number of fused-ring (bicyclic) bond motifs is 1. The van der Waals surface area contributed by atoms with Crippen molar-refractivity contribution in [1.82, 2.24) is 9.55 Å². The molecule has 28 heavy (non-hydrogen) atoms. The Hall–Kier alpha value is -2.26. The Balaban J connectivity index is 0.00000225. The van der Waals surface area contributed by atoms with Crippen molar-refractivity contribution < 1.29 is 4.79 Å². The summed E-state index contributed by atoms with van der Waals surface area (Å²) in [6.07, 6.45) is 3.66. The zero-order valence-corrected chi connectivity index (χ0v) is 18.7. The maximum absolute atomic E-state index is 12.8. The van der Waals surface area contributed by atoms with E-state index in [4.69, 9.17) is 11.6 Å². The average Bonchev–Trinajstić information content (AvgIpc) is 3.05. The molecule has 0 aliphatic rings. The van der Waals surface area contributed by atoms with Crippen LogP contribution in [0.5, 0.6) is 0 Å². The first kappa shape index (κ1) is 20.5. The van der Waals surface area contributed by atoms with Crippen LogP contribution < -0.4 is 14.1 Å². The number of aromatic nitrogens is 2. The summed E-state index contributed by atoms with van der Waals surface area (Å²) < 4.78 is 4.23. The maximum atomic E-state index is 12.8. The molecule has 0 bridgehead atoms. The molecular weight excluding hydrogens is 456 g/mol. The SMILES string of the molecule is Cl.Cn1ccc2c([AsH]c3cccc(Cl)c3)ncc(C(=O)Nc3ccccc3)c21. The summed E-state index contributed by atoms with van der Waals surface area (Å²) in [6.45, 7) is 0. The molecule has 0 aliphatic carbocycles. The van der Waals surface area contributed by atoms with Gasteiger partial charge < -0.3 is 0 Å². The molecule has 0 aliphatic heterocycles. The standard InChI is InChI=1S/C21H17AsClN3O.ClH/c1-26-11-10-17-19(26)18(21(27)25-16-8-3-2-4-9-16)13-24-20(17)22-14-6-5-7-15(23)12-14;/h2-13,22H,1H3,(H,25,27);1H. The summed E-state index contributed by atoms with van der Waals surface area (Å²) >= 11 is 5.46. The van der Waals surface area contributed by atoms with Crippen molar-refractivity contribution in [2.75, 3.05) is 5.32 Å².